The zero-order chi connectivity index (χ0) is 23.7. The number of benzene rings is 2. The van der Waals surface area contributed by atoms with Crippen LogP contribution in [0.3, 0.4) is 0 Å². The van der Waals surface area contributed by atoms with Crippen LogP contribution in [0.2, 0.25) is 0 Å². The topological polar surface area (TPSA) is 120 Å². The van der Waals surface area contributed by atoms with Gasteiger partial charge < -0.3 is 29.4 Å². The monoisotopic (exact) mass is 463 g/mol. The summed E-state index contributed by atoms with van der Waals surface area (Å²) in [6, 6.07) is 8.04. The Balaban J connectivity index is 2.31. The predicted molar refractivity (Wildman–Crippen MR) is 121 cm³/mol. The molecule has 2 aromatic rings. The van der Waals surface area contributed by atoms with Crippen molar-refractivity contribution in [3.8, 4) is 23.0 Å². The normalized spacial score (nSPS) is 11.5. The molecule has 0 unspecified atom stereocenters. The van der Waals surface area contributed by atoms with Gasteiger partial charge in [0, 0.05) is 29.8 Å². The SMILES string of the molecule is COc1cc(OC)c(/C=C/S(=O)(=O)Cc2ccc(OC)c(N/C=C/C(=O)O)c2)c(OC)c1. The Labute approximate surface area is 186 Å². The summed E-state index contributed by atoms with van der Waals surface area (Å²) in [6.45, 7) is 0. The van der Waals surface area contributed by atoms with Gasteiger partial charge in [0.15, 0.2) is 9.84 Å². The van der Waals surface area contributed by atoms with Crippen LogP contribution in [0.25, 0.3) is 6.08 Å². The fourth-order valence-electron chi connectivity index (χ4n) is 2.81. The smallest absolute Gasteiger partial charge is 0.329 e. The number of sulfone groups is 1. The third-order valence-corrected chi connectivity index (χ3v) is 5.58. The highest BCUT2D eigenvalue weighted by atomic mass is 32.2. The molecule has 0 heterocycles. The molecule has 9 nitrogen and oxygen atoms in total. The predicted octanol–water partition coefficient (Wildman–Crippen LogP) is 3.32. The number of nitrogens with one attached hydrogen (secondary N) is 1. The molecule has 2 rings (SSSR count). The number of hydrogen-bond donors (Lipinski definition) is 2. The molecule has 0 aliphatic carbocycles. The molecule has 0 aliphatic rings. The number of carboxylic acids is 1. The zero-order valence-electron chi connectivity index (χ0n) is 18.1. The maximum absolute atomic E-state index is 12.7. The number of rotatable bonds is 11. The van der Waals surface area contributed by atoms with E-state index >= 15 is 0 Å². The van der Waals surface area contributed by atoms with E-state index in [4.69, 9.17) is 24.1 Å². The van der Waals surface area contributed by atoms with Crippen molar-refractivity contribution in [2.75, 3.05) is 33.8 Å². The Morgan fingerprint density at radius 2 is 1.59 bits per heavy atom. The summed E-state index contributed by atoms with van der Waals surface area (Å²) < 4.78 is 46.5. The maximum Gasteiger partial charge on any atom is 0.329 e. The number of carboxylic acid groups (broad SMARTS) is 1. The molecule has 0 radical (unpaired) electrons. The van der Waals surface area contributed by atoms with Crippen LogP contribution in [0.15, 0.2) is 48.0 Å². The van der Waals surface area contributed by atoms with Gasteiger partial charge in [-0.3, -0.25) is 0 Å². The van der Waals surface area contributed by atoms with Crippen molar-refractivity contribution in [1.29, 1.82) is 0 Å². The van der Waals surface area contributed by atoms with Gasteiger partial charge in [0.25, 0.3) is 0 Å². The number of carbonyl (C=O) groups is 1. The van der Waals surface area contributed by atoms with Gasteiger partial charge in [0.1, 0.15) is 23.0 Å². The van der Waals surface area contributed by atoms with E-state index in [1.807, 2.05) is 0 Å². The molecule has 0 fully saturated rings. The number of hydrogen-bond acceptors (Lipinski definition) is 8. The van der Waals surface area contributed by atoms with E-state index in [1.54, 1.807) is 30.3 Å². The first-order chi connectivity index (χ1) is 15.2. The minimum Gasteiger partial charge on any atom is -0.496 e. The molecule has 32 heavy (non-hydrogen) atoms. The lowest BCUT2D eigenvalue weighted by Crippen LogP contribution is -2.02. The highest BCUT2D eigenvalue weighted by Gasteiger charge is 2.14. The maximum atomic E-state index is 12.7. The van der Waals surface area contributed by atoms with Crippen LogP contribution in [-0.2, 0) is 20.4 Å². The minimum absolute atomic E-state index is 0.286. The van der Waals surface area contributed by atoms with Crippen LogP contribution in [0, 0.1) is 0 Å². The molecule has 0 atom stereocenters. The van der Waals surface area contributed by atoms with E-state index in [1.165, 1.54) is 40.7 Å². The highest BCUT2D eigenvalue weighted by molar-refractivity contribution is 7.93. The van der Waals surface area contributed by atoms with Crippen molar-refractivity contribution < 1.29 is 37.3 Å². The van der Waals surface area contributed by atoms with Gasteiger partial charge in [-0.25, -0.2) is 13.2 Å². The van der Waals surface area contributed by atoms with Gasteiger partial charge in [0.2, 0.25) is 0 Å². The van der Waals surface area contributed by atoms with Crippen molar-refractivity contribution in [3.05, 3.63) is 59.1 Å². The quantitative estimate of drug-likeness (QED) is 0.484. The Morgan fingerprint density at radius 1 is 0.969 bits per heavy atom. The number of aliphatic carboxylic acids is 1. The Morgan fingerprint density at radius 3 is 2.12 bits per heavy atom. The summed E-state index contributed by atoms with van der Waals surface area (Å²) in [7, 11) is 2.21. The van der Waals surface area contributed by atoms with E-state index in [0.717, 1.165) is 11.5 Å². The second-order valence-electron chi connectivity index (χ2n) is 6.41. The molecule has 2 aromatic carbocycles. The summed E-state index contributed by atoms with van der Waals surface area (Å²) in [4.78, 5) is 10.6. The van der Waals surface area contributed by atoms with Crippen LogP contribution in [0.4, 0.5) is 5.69 Å². The lowest BCUT2D eigenvalue weighted by molar-refractivity contribution is -0.131. The summed E-state index contributed by atoms with van der Waals surface area (Å²) in [5, 5.41) is 12.6. The number of ether oxygens (including phenoxy) is 4. The van der Waals surface area contributed by atoms with Crippen LogP contribution < -0.4 is 24.3 Å². The highest BCUT2D eigenvalue weighted by Crippen LogP contribution is 2.35. The van der Waals surface area contributed by atoms with Gasteiger partial charge in [0.05, 0.1) is 45.4 Å². The summed E-state index contributed by atoms with van der Waals surface area (Å²) in [6.07, 6.45) is 3.55. The Kier molecular flexibility index (Phi) is 8.54. The molecule has 0 amide bonds. The second kappa shape index (κ2) is 11.1. The van der Waals surface area contributed by atoms with Crippen LogP contribution >= 0.6 is 0 Å². The van der Waals surface area contributed by atoms with Gasteiger partial charge >= 0.3 is 5.97 Å². The van der Waals surface area contributed by atoms with E-state index < -0.39 is 15.8 Å². The fourth-order valence-corrected chi connectivity index (χ4v) is 3.89. The second-order valence-corrected chi connectivity index (χ2v) is 8.29. The molecule has 0 spiro atoms. The first-order valence-corrected chi connectivity index (χ1v) is 11.0. The lowest BCUT2D eigenvalue weighted by atomic mass is 10.1. The van der Waals surface area contributed by atoms with Crippen LogP contribution in [0.5, 0.6) is 23.0 Å². The standard InChI is InChI=1S/C22H25NO8S/c1-28-16-12-20(30-3)17(21(13-16)31-4)8-10-32(26,27)14-15-5-6-19(29-2)18(11-15)23-9-7-22(24)25/h5-13,23H,14H2,1-4H3,(H,24,25)/b9-7+,10-8+. The minimum atomic E-state index is -3.67. The zero-order valence-corrected chi connectivity index (χ0v) is 18.9. The molecule has 2 N–H and O–H groups in total. The van der Waals surface area contributed by atoms with E-state index in [-0.39, 0.29) is 5.75 Å². The van der Waals surface area contributed by atoms with Gasteiger partial charge in [-0.1, -0.05) is 6.07 Å². The fraction of sp³-hybridized carbons (Fsp3) is 0.227. The summed E-state index contributed by atoms with van der Waals surface area (Å²) in [5.41, 5.74) is 1.37. The van der Waals surface area contributed by atoms with Crippen molar-refractivity contribution >= 4 is 27.6 Å². The van der Waals surface area contributed by atoms with Gasteiger partial charge in [-0.05, 0) is 23.8 Å². The van der Waals surface area contributed by atoms with Crippen LogP contribution in [-0.4, -0.2) is 47.9 Å². The molecular formula is C22H25NO8S. The van der Waals surface area contributed by atoms with E-state index in [2.05, 4.69) is 5.32 Å². The summed E-state index contributed by atoms with van der Waals surface area (Å²) >= 11 is 0. The van der Waals surface area contributed by atoms with Crippen molar-refractivity contribution in [1.82, 2.24) is 0 Å². The Hall–Kier alpha value is -3.66. The van der Waals surface area contributed by atoms with E-state index in [9.17, 15) is 13.2 Å². The number of methoxy groups -OCH3 is 4. The molecule has 0 bridgehead atoms. The summed E-state index contributed by atoms with van der Waals surface area (Å²) in [5.74, 6) is 0.330. The average molecular weight is 464 g/mol. The van der Waals surface area contributed by atoms with Crippen molar-refractivity contribution in [3.63, 3.8) is 0 Å². The third kappa shape index (κ3) is 6.67. The molecule has 0 saturated heterocycles. The lowest BCUT2D eigenvalue weighted by Gasteiger charge is -2.12. The van der Waals surface area contributed by atoms with Gasteiger partial charge in [-0.2, -0.15) is 0 Å². The molecular weight excluding hydrogens is 438 g/mol. The van der Waals surface area contributed by atoms with Crippen LogP contribution in [0.1, 0.15) is 11.1 Å². The van der Waals surface area contributed by atoms with Crippen molar-refractivity contribution in [2.45, 2.75) is 5.75 Å². The molecule has 0 saturated carbocycles. The molecule has 172 valence electrons. The van der Waals surface area contributed by atoms with E-state index in [0.29, 0.717) is 39.8 Å². The van der Waals surface area contributed by atoms with Gasteiger partial charge in [-0.15, -0.1) is 0 Å². The number of anilines is 1. The average Bonchev–Trinajstić information content (AvgIpc) is 2.76. The largest absolute Gasteiger partial charge is 0.496 e. The third-order valence-electron chi connectivity index (χ3n) is 4.29. The first kappa shape index (κ1) is 24.6. The first-order valence-electron chi connectivity index (χ1n) is 9.26. The molecule has 10 heteroatoms. The molecule has 0 aromatic heterocycles. The van der Waals surface area contributed by atoms with Crippen molar-refractivity contribution in [2.24, 2.45) is 0 Å². The molecule has 0 aliphatic heterocycles. The Bertz CT molecular complexity index is 1100.